The molecule has 0 aliphatic carbocycles. The molecule has 0 radical (unpaired) electrons. The summed E-state index contributed by atoms with van der Waals surface area (Å²) >= 11 is 1.37. The third-order valence-corrected chi connectivity index (χ3v) is 4.82. The number of rotatable bonds is 7. The molecule has 2 heterocycles. The van der Waals surface area contributed by atoms with Crippen molar-refractivity contribution in [3.63, 3.8) is 0 Å². The first-order valence-corrected chi connectivity index (χ1v) is 9.70. The van der Waals surface area contributed by atoms with Gasteiger partial charge in [0.25, 0.3) is 0 Å². The molecule has 0 aliphatic heterocycles. The first kappa shape index (κ1) is 19.9. The molecule has 3 rings (SSSR count). The molecule has 146 valence electrons. The maximum Gasteiger partial charge on any atom is 0.323 e. The Kier molecular flexibility index (Phi) is 6.67. The Hall–Kier alpha value is -2.84. The predicted octanol–water partition coefficient (Wildman–Crippen LogP) is 3.94. The van der Waals surface area contributed by atoms with Gasteiger partial charge in [-0.05, 0) is 43.9 Å². The van der Waals surface area contributed by atoms with Crippen molar-refractivity contribution in [2.75, 3.05) is 32.5 Å². The molecule has 28 heavy (non-hydrogen) atoms. The molecular weight excluding hydrogens is 377 g/mol. The summed E-state index contributed by atoms with van der Waals surface area (Å²) in [7, 11) is 3.91. The summed E-state index contributed by atoms with van der Waals surface area (Å²) in [5, 5.41) is 5.28. The van der Waals surface area contributed by atoms with E-state index in [0.717, 1.165) is 16.8 Å². The second-order valence-corrected chi connectivity index (χ2v) is 7.42. The molecule has 8 heteroatoms. The van der Waals surface area contributed by atoms with E-state index in [1.807, 2.05) is 36.5 Å². The van der Waals surface area contributed by atoms with Gasteiger partial charge in [-0.2, -0.15) is 0 Å². The van der Waals surface area contributed by atoms with Crippen LogP contribution in [0.15, 0.2) is 54.2 Å². The average Bonchev–Trinajstić information content (AvgIpc) is 3.15. The SMILES string of the molecule is CN(C)CCN(Cc1ccc(F)cc1)C(=O)Nc1nc(-c2cccnc2)cs1. The van der Waals surface area contributed by atoms with Gasteiger partial charge in [-0.1, -0.05) is 12.1 Å². The summed E-state index contributed by atoms with van der Waals surface area (Å²) in [4.78, 5) is 25.1. The van der Waals surface area contributed by atoms with Crippen LogP contribution in [0.1, 0.15) is 5.56 Å². The molecule has 3 aromatic rings. The van der Waals surface area contributed by atoms with Crippen LogP contribution in [0.4, 0.5) is 14.3 Å². The molecular formula is C20H22FN5OS. The van der Waals surface area contributed by atoms with Crippen LogP contribution in [0, 0.1) is 5.82 Å². The number of urea groups is 1. The number of anilines is 1. The van der Waals surface area contributed by atoms with Crippen LogP contribution in [-0.4, -0.2) is 53.0 Å². The lowest BCUT2D eigenvalue weighted by molar-refractivity contribution is 0.202. The minimum absolute atomic E-state index is 0.238. The van der Waals surface area contributed by atoms with Crippen molar-refractivity contribution in [1.29, 1.82) is 0 Å². The molecule has 0 saturated carbocycles. The maximum absolute atomic E-state index is 13.2. The van der Waals surface area contributed by atoms with Gasteiger partial charge in [0, 0.05) is 43.0 Å². The van der Waals surface area contributed by atoms with Crippen molar-refractivity contribution < 1.29 is 9.18 Å². The number of hydrogen-bond donors (Lipinski definition) is 1. The second kappa shape index (κ2) is 9.38. The van der Waals surface area contributed by atoms with E-state index in [0.29, 0.717) is 24.8 Å². The Bertz CT molecular complexity index is 898. The Morgan fingerprint density at radius 2 is 1.96 bits per heavy atom. The summed E-state index contributed by atoms with van der Waals surface area (Å²) < 4.78 is 13.2. The van der Waals surface area contributed by atoms with E-state index in [-0.39, 0.29) is 11.8 Å². The van der Waals surface area contributed by atoms with Gasteiger partial charge >= 0.3 is 6.03 Å². The van der Waals surface area contributed by atoms with E-state index >= 15 is 0 Å². The number of nitrogens with one attached hydrogen (secondary N) is 1. The summed E-state index contributed by atoms with van der Waals surface area (Å²) in [6.07, 6.45) is 3.44. The van der Waals surface area contributed by atoms with E-state index < -0.39 is 0 Å². The van der Waals surface area contributed by atoms with Crippen molar-refractivity contribution >= 4 is 22.5 Å². The Labute approximate surface area is 167 Å². The van der Waals surface area contributed by atoms with E-state index in [4.69, 9.17) is 0 Å². The van der Waals surface area contributed by atoms with E-state index in [9.17, 15) is 9.18 Å². The van der Waals surface area contributed by atoms with Crippen LogP contribution in [0.2, 0.25) is 0 Å². The molecule has 0 fully saturated rings. The standard InChI is InChI=1S/C20H22FN5OS/c1-25(2)10-11-26(13-15-5-7-17(21)8-6-15)20(27)24-19-23-18(14-28-19)16-4-3-9-22-12-16/h3-9,12,14H,10-11,13H2,1-2H3,(H,23,24,27). The zero-order valence-corrected chi connectivity index (χ0v) is 16.6. The van der Waals surface area contributed by atoms with Crippen LogP contribution in [-0.2, 0) is 6.54 Å². The lowest BCUT2D eigenvalue weighted by atomic mass is 10.2. The third-order valence-electron chi connectivity index (χ3n) is 4.07. The molecule has 1 N–H and O–H groups in total. The molecule has 2 amide bonds. The number of thiazole rings is 1. The molecule has 0 atom stereocenters. The fourth-order valence-electron chi connectivity index (χ4n) is 2.53. The third kappa shape index (κ3) is 5.58. The summed E-state index contributed by atoms with van der Waals surface area (Å²) in [5.41, 5.74) is 2.53. The van der Waals surface area contributed by atoms with Crippen LogP contribution in [0.25, 0.3) is 11.3 Å². The number of carbonyl (C=O) groups is 1. The van der Waals surface area contributed by atoms with Gasteiger partial charge in [0.1, 0.15) is 5.82 Å². The van der Waals surface area contributed by atoms with Gasteiger partial charge < -0.3 is 9.80 Å². The monoisotopic (exact) mass is 399 g/mol. The highest BCUT2D eigenvalue weighted by atomic mass is 32.1. The number of hydrogen-bond acceptors (Lipinski definition) is 5. The molecule has 0 aliphatic rings. The van der Waals surface area contributed by atoms with Crippen LogP contribution in [0.5, 0.6) is 0 Å². The quantitative estimate of drug-likeness (QED) is 0.654. The first-order chi connectivity index (χ1) is 13.5. The van der Waals surface area contributed by atoms with Gasteiger partial charge in [-0.25, -0.2) is 14.2 Å². The first-order valence-electron chi connectivity index (χ1n) is 8.82. The smallest absolute Gasteiger partial charge is 0.319 e. The Morgan fingerprint density at radius 3 is 2.64 bits per heavy atom. The molecule has 6 nitrogen and oxygen atoms in total. The predicted molar refractivity (Wildman–Crippen MR) is 110 cm³/mol. The summed E-state index contributed by atoms with van der Waals surface area (Å²) in [6.45, 7) is 1.64. The normalized spacial score (nSPS) is 10.9. The number of pyridine rings is 1. The lowest BCUT2D eigenvalue weighted by Crippen LogP contribution is -2.39. The highest BCUT2D eigenvalue weighted by Gasteiger charge is 2.16. The zero-order chi connectivity index (χ0) is 19.9. The molecule has 0 bridgehead atoms. The van der Waals surface area contributed by atoms with Gasteiger partial charge in [0.05, 0.1) is 5.69 Å². The minimum Gasteiger partial charge on any atom is -0.319 e. The molecule has 0 saturated heterocycles. The fourth-order valence-corrected chi connectivity index (χ4v) is 3.24. The van der Waals surface area contributed by atoms with Crippen molar-refractivity contribution in [3.05, 3.63) is 65.6 Å². The highest BCUT2D eigenvalue weighted by molar-refractivity contribution is 7.14. The Morgan fingerprint density at radius 1 is 1.18 bits per heavy atom. The number of aromatic nitrogens is 2. The Balaban J connectivity index is 1.69. The van der Waals surface area contributed by atoms with Crippen molar-refractivity contribution in [1.82, 2.24) is 19.8 Å². The van der Waals surface area contributed by atoms with Crippen LogP contribution >= 0.6 is 11.3 Å². The maximum atomic E-state index is 13.2. The summed E-state index contributed by atoms with van der Waals surface area (Å²) in [6, 6.07) is 9.71. The fraction of sp³-hybridized carbons (Fsp3) is 0.250. The lowest BCUT2D eigenvalue weighted by Gasteiger charge is -2.24. The van der Waals surface area contributed by atoms with Gasteiger partial charge in [-0.15, -0.1) is 11.3 Å². The van der Waals surface area contributed by atoms with Crippen molar-refractivity contribution in [2.45, 2.75) is 6.54 Å². The zero-order valence-electron chi connectivity index (χ0n) is 15.8. The second-order valence-electron chi connectivity index (χ2n) is 6.56. The van der Waals surface area contributed by atoms with E-state index in [1.54, 1.807) is 29.4 Å². The number of amides is 2. The largest absolute Gasteiger partial charge is 0.323 e. The molecule has 0 spiro atoms. The van der Waals surface area contributed by atoms with Crippen LogP contribution < -0.4 is 5.32 Å². The molecule has 0 unspecified atom stereocenters. The van der Waals surface area contributed by atoms with Gasteiger partial charge in [0.15, 0.2) is 5.13 Å². The topological polar surface area (TPSA) is 61.4 Å². The number of carbonyl (C=O) groups excluding carboxylic acids is 1. The van der Waals surface area contributed by atoms with Crippen molar-refractivity contribution in [3.8, 4) is 11.3 Å². The van der Waals surface area contributed by atoms with E-state index in [1.165, 1.54) is 23.5 Å². The number of nitrogens with zero attached hydrogens (tertiary/aromatic N) is 4. The number of likely N-dealkylation sites (N-methyl/N-ethyl adjacent to an activating group) is 1. The number of benzene rings is 1. The highest BCUT2D eigenvalue weighted by Crippen LogP contribution is 2.24. The molecule has 1 aromatic carbocycles. The van der Waals surface area contributed by atoms with Crippen LogP contribution in [0.3, 0.4) is 0 Å². The number of halogens is 1. The van der Waals surface area contributed by atoms with Gasteiger partial charge in [0.2, 0.25) is 0 Å². The minimum atomic E-state index is -0.293. The average molecular weight is 399 g/mol. The van der Waals surface area contributed by atoms with Crippen molar-refractivity contribution in [2.24, 2.45) is 0 Å². The summed E-state index contributed by atoms with van der Waals surface area (Å²) in [5.74, 6) is -0.293. The van der Waals surface area contributed by atoms with Gasteiger partial charge in [-0.3, -0.25) is 10.3 Å². The van der Waals surface area contributed by atoms with E-state index in [2.05, 4.69) is 15.3 Å². The molecule has 2 aromatic heterocycles.